The largest absolute Gasteiger partial charge is 0.321 e. The van der Waals surface area contributed by atoms with Crippen LogP contribution in [0, 0.1) is 17.0 Å². The number of nitrogens with one attached hydrogen (secondary N) is 1. The molecular formula is C16H14N6O3. The lowest BCUT2D eigenvalue weighted by Gasteiger charge is -2.10. The molecule has 0 aliphatic rings. The molecule has 2 heterocycles. The van der Waals surface area contributed by atoms with Crippen molar-refractivity contribution in [2.75, 3.05) is 5.32 Å². The van der Waals surface area contributed by atoms with Crippen LogP contribution in [-0.2, 0) is 11.2 Å². The Morgan fingerprint density at radius 2 is 2.20 bits per heavy atom. The fourth-order valence-electron chi connectivity index (χ4n) is 2.41. The lowest BCUT2D eigenvalue weighted by atomic mass is 10.0. The number of hydrogen-bond acceptors (Lipinski definition) is 6. The van der Waals surface area contributed by atoms with Crippen molar-refractivity contribution in [3.63, 3.8) is 0 Å². The van der Waals surface area contributed by atoms with Gasteiger partial charge in [-0.15, -0.1) is 0 Å². The van der Waals surface area contributed by atoms with Crippen LogP contribution in [0.25, 0.3) is 5.82 Å². The number of rotatable bonds is 5. The third-order valence-corrected chi connectivity index (χ3v) is 3.65. The van der Waals surface area contributed by atoms with Crippen molar-refractivity contribution in [1.82, 2.24) is 19.7 Å². The second kappa shape index (κ2) is 6.87. The summed E-state index contributed by atoms with van der Waals surface area (Å²) in [7, 11) is 0. The van der Waals surface area contributed by atoms with Crippen molar-refractivity contribution < 1.29 is 9.72 Å². The molecule has 9 nitrogen and oxygen atoms in total. The summed E-state index contributed by atoms with van der Waals surface area (Å²) >= 11 is 0. The Bertz CT molecular complexity index is 923. The van der Waals surface area contributed by atoms with Gasteiger partial charge < -0.3 is 5.32 Å². The molecule has 1 N–H and O–H groups in total. The summed E-state index contributed by atoms with van der Waals surface area (Å²) in [5.41, 5.74) is 1.45. The zero-order valence-electron chi connectivity index (χ0n) is 13.3. The fourth-order valence-corrected chi connectivity index (χ4v) is 2.41. The molecule has 0 bridgehead atoms. The van der Waals surface area contributed by atoms with Crippen molar-refractivity contribution in [3.8, 4) is 5.82 Å². The first-order valence-corrected chi connectivity index (χ1v) is 7.39. The number of nitro groups is 1. The molecule has 0 aliphatic heterocycles. The lowest BCUT2D eigenvalue weighted by molar-refractivity contribution is -0.385. The number of hydrogen-bond donors (Lipinski definition) is 1. The topological polar surface area (TPSA) is 116 Å². The number of benzene rings is 1. The quantitative estimate of drug-likeness (QED) is 0.562. The SMILES string of the molecule is Cc1c(CC(=O)Nc2cncnc2-n2cccn2)cccc1[N+](=O)[O-]. The van der Waals surface area contributed by atoms with Gasteiger partial charge >= 0.3 is 0 Å². The highest BCUT2D eigenvalue weighted by molar-refractivity contribution is 5.93. The Morgan fingerprint density at radius 3 is 2.92 bits per heavy atom. The molecule has 0 aliphatic carbocycles. The first-order valence-electron chi connectivity index (χ1n) is 7.39. The fraction of sp³-hybridized carbons (Fsp3) is 0.125. The van der Waals surface area contributed by atoms with Gasteiger partial charge in [0.15, 0.2) is 5.82 Å². The van der Waals surface area contributed by atoms with E-state index < -0.39 is 4.92 Å². The van der Waals surface area contributed by atoms with Gasteiger partial charge in [-0.3, -0.25) is 14.9 Å². The van der Waals surface area contributed by atoms with Crippen LogP contribution < -0.4 is 5.32 Å². The summed E-state index contributed by atoms with van der Waals surface area (Å²) < 4.78 is 1.51. The smallest absolute Gasteiger partial charge is 0.272 e. The molecule has 0 saturated carbocycles. The monoisotopic (exact) mass is 338 g/mol. The van der Waals surface area contributed by atoms with Crippen molar-refractivity contribution in [1.29, 1.82) is 0 Å². The molecule has 3 rings (SSSR count). The maximum Gasteiger partial charge on any atom is 0.272 e. The molecule has 9 heteroatoms. The summed E-state index contributed by atoms with van der Waals surface area (Å²) in [6.45, 7) is 1.63. The third kappa shape index (κ3) is 3.50. The summed E-state index contributed by atoms with van der Waals surface area (Å²) in [6.07, 6.45) is 6.13. The van der Waals surface area contributed by atoms with Crippen LogP contribution in [0.1, 0.15) is 11.1 Å². The second-order valence-corrected chi connectivity index (χ2v) is 5.25. The molecule has 3 aromatic rings. The number of anilines is 1. The Hall–Kier alpha value is -3.62. The molecule has 25 heavy (non-hydrogen) atoms. The van der Waals surface area contributed by atoms with E-state index in [2.05, 4.69) is 20.4 Å². The average Bonchev–Trinajstić information content (AvgIpc) is 3.11. The van der Waals surface area contributed by atoms with E-state index in [-0.39, 0.29) is 18.0 Å². The molecule has 126 valence electrons. The second-order valence-electron chi connectivity index (χ2n) is 5.25. The third-order valence-electron chi connectivity index (χ3n) is 3.65. The molecule has 1 amide bonds. The zero-order valence-corrected chi connectivity index (χ0v) is 13.3. The Morgan fingerprint density at radius 1 is 1.36 bits per heavy atom. The van der Waals surface area contributed by atoms with Gasteiger partial charge in [-0.05, 0) is 18.6 Å². The average molecular weight is 338 g/mol. The van der Waals surface area contributed by atoms with E-state index in [9.17, 15) is 14.9 Å². The van der Waals surface area contributed by atoms with Crippen molar-refractivity contribution in [2.45, 2.75) is 13.3 Å². The van der Waals surface area contributed by atoms with Crippen LogP contribution in [0.5, 0.6) is 0 Å². The summed E-state index contributed by atoms with van der Waals surface area (Å²) in [5, 5.41) is 17.8. The van der Waals surface area contributed by atoms with Crippen LogP contribution in [-0.4, -0.2) is 30.6 Å². The van der Waals surface area contributed by atoms with Gasteiger partial charge in [-0.25, -0.2) is 14.6 Å². The normalized spacial score (nSPS) is 10.4. The van der Waals surface area contributed by atoms with Gasteiger partial charge in [0.05, 0.1) is 17.5 Å². The van der Waals surface area contributed by atoms with Gasteiger partial charge in [0, 0.05) is 24.0 Å². The molecule has 0 spiro atoms. The highest BCUT2D eigenvalue weighted by Crippen LogP contribution is 2.22. The number of amides is 1. The number of carbonyl (C=O) groups is 1. The Balaban J connectivity index is 1.81. The van der Waals surface area contributed by atoms with E-state index in [1.165, 1.54) is 23.3 Å². The van der Waals surface area contributed by atoms with Crippen LogP contribution >= 0.6 is 0 Å². The highest BCUT2D eigenvalue weighted by atomic mass is 16.6. The van der Waals surface area contributed by atoms with Gasteiger partial charge in [-0.1, -0.05) is 12.1 Å². The number of aromatic nitrogens is 4. The van der Waals surface area contributed by atoms with Crippen LogP contribution in [0.4, 0.5) is 11.4 Å². The van der Waals surface area contributed by atoms with Crippen molar-refractivity contribution >= 4 is 17.3 Å². The van der Waals surface area contributed by atoms with Crippen molar-refractivity contribution in [3.05, 3.63) is 70.4 Å². The Labute approximate surface area is 142 Å². The first-order chi connectivity index (χ1) is 12.1. The van der Waals surface area contributed by atoms with Crippen LogP contribution in [0.2, 0.25) is 0 Å². The lowest BCUT2D eigenvalue weighted by Crippen LogP contribution is -2.17. The molecule has 0 atom stereocenters. The van der Waals surface area contributed by atoms with Gasteiger partial charge in [0.2, 0.25) is 5.91 Å². The van der Waals surface area contributed by atoms with Gasteiger partial charge in [0.25, 0.3) is 5.69 Å². The summed E-state index contributed by atoms with van der Waals surface area (Å²) in [4.78, 5) is 31.0. The minimum atomic E-state index is -0.461. The van der Waals surface area contributed by atoms with Crippen molar-refractivity contribution in [2.24, 2.45) is 0 Å². The van der Waals surface area contributed by atoms with E-state index in [1.807, 2.05) is 0 Å². The van der Waals surface area contributed by atoms with E-state index in [0.717, 1.165) is 0 Å². The highest BCUT2D eigenvalue weighted by Gasteiger charge is 2.16. The molecule has 1 aromatic carbocycles. The summed E-state index contributed by atoms with van der Waals surface area (Å²) in [6, 6.07) is 6.41. The molecule has 0 saturated heterocycles. The van der Waals surface area contributed by atoms with E-state index in [1.54, 1.807) is 37.5 Å². The zero-order chi connectivity index (χ0) is 17.8. The minimum Gasteiger partial charge on any atom is -0.321 e. The number of nitrogens with zero attached hydrogens (tertiary/aromatic N) is 5. The maximum atomic E-state index is 12.4. The maximum absolute atomic E-state index is 12.4. The predicted octanol–water partition coefficient (Wildman–Crippen LogP) is 2.06. The van der Waals surface area contributed by atoms with E-state index >= 15 is 0 Å². The van der Waals surface area contributed by atoms with Gasteiger partial charge in [0.1, 0.15) is 12.0 Å². The molecular weight excluding hydrogens is 324 g/mol. The summed E-state index contributed by atoms with van der Waals surface area (Å²) in [5.74, 6) is 0.107. The minimum absolute atomic E-state index is 0.000947. The van der Waals surface area contributed by atoms with E-state index in [0.29, 0.717) is 22.6 Å². The molecule has 0 fully saturated rings. The number of carbonyl (C=O) groups excluding carboxylic acids is 1. The van der Waals surface area contributed by atoms with Crippen LogP contribution in [0.3, 0.4) is 0 Å². The molecule has 0 radical (unpaired) electrons. The first kappa shape index (κ1) is 16.2. The molecule has 2 aromatic heterocycles. The Kier molecular flexibility index (Phi) is 4.46. The van der Waals surface area contributed by atoms with Crippen LogP contribution in [0.15, 0.2) is 49.2 Å². The standard InChI is InChI=1S/C16H14N6O3/c1-11-12(4-2-5-14(11)22(24)25)8-15(23)20-13-9-17-10-18-16(13)21-7-3-6-19-21/h2-7,9-10H,8H2,1H3,(H,20,23). The molecule has 0 unspecified atom stereocenters. The predicted molar refractivity (Wildman–Crippen MR) is 89.3 cm³/mol. The van der Waals surface area contributed by atoms with E-state index in [4.69, 9.17) is 0 Å². The number of nitro benzene ring substituents is 1. The van der Waals surface area contributed by atoms with Gasteiger partial charge in [-0.2, -0.15) is 5.10 Å².